The quantitative estimate of drug-likeness (QED) is 0.811. The molecule has 0 saturated heterocycles. The summed E-state index contributed by atoms with van der Waals surface area (Å²) < 4.78 is 4.90. The molecule has 3 rings (SSSR count). The largest absolute Gasteiger partial charge is 0.360 e. The Bertz CT molecular complexity index is 754. The van der Waals surface area contributed by atoms with Gasteiger partial charge in [-0.25, -0.2) is 4.79 Å². The minimum atomic E-state index is -0.350. The lowest BCUT2D eigenvalue weighted by Gasteiger charge is -2.20. The molecule has 0 saturated carbocycles. The van der Waals surface area contributed by atoms with Crippen molar-refractivity contribution < 1.29 is 14.1 Å². The zero-order valence-corrected chi connectivity index (χ0v) is 13.0. The zero-order valence-electron chi connectivity index (χ0n) is 13.0. The van der Waals surface area contributed by atoms with Crippen LogP contribution in [-0.4, -0.2) is 17.1 Å². The molecule has 0 aliphatic carbocycles. The molecule has 1 unspecified atom stereocenters. The molecule has 0 radical (unpaired) electrons. The number of urea groups is 1. The van der Waals surface area contributed by atoms with Crippen LogP contribution in [0.25, 0.3) is 0 Å². The number of hydrogen-bond donors (Lipinski definition) is 3. The first kappa shape index (κ1) is 15.1. The molecule has 1 aliphatic rings. The number of nitrogens with one attached hydrogen (secondary N) is 3. The highest BCUT2D eigenvalue weighted by atomic mass is 16.5. The standard InChI is InChI=1S/C16H18N4O3/c1-9-7-14(20-23-9)19-16(22)17-10(2)11-3-5-13-12(8-11)4-6-15(21)18-13/h3,5,7-8,10H,4,6H2,1-2H3,(H,18,21)(H2,17,19,20,22). The molecule has 120 valence electrons. The van der Waals surface area contributed by atoms with Crippen molar-refractivity contribution in [2.45, 2.75) is 32.7 Å². The lowest BCUT2D eigenvalue weighted by Crippen LogP contribution is -2.31. The van der Waals surface area contributed by atoms with Gasteiger partial charge in [0.15, 0.2) is 5.82 Å². The summed E-state index contributed by atoms with van der Waals surface area (Å²) in [7, 11) is 0. The Morgan fingerprint density at radius 2 is 2.17 bits per heavy atom. The average molecular weight is 314 g/mol. The van der Waals surface area contributed by atoms with E-state index in [1.54, 1.807) is 13.0 Å². The van der Waals surface area contributed by atoms with E-state index in [9.17, 15) is 9.59 Å². The third kappa shape index (κ3) is 3.50. The van der Waals surface area contributed by atoms with Gasteiger partial charge in [0.2, 0.25) is 5.91 Å². The zero-order chi connectivity index (χ0) is 16.4. The Morgan fingerprint density at radius 1 is 1.35 bits per heavy atom. The fraction of sp³-hybridized carbons (Fsp3) is 0.312. The van der Waals surface area contributed by atoms with Gasteiger partial charge in [0.25, 0.3) is 0 Å². The minimum Gasteiger partial charge on any atom is -0.360 e. The summed E-state index contributed by atoms with van der Waals surface area (Å²) >= 11 is 0. The van der Waals surface area contributed by atoms with E-state index in [0.717, 1.165) is 16.8 Å². The molecule has 2 heterocycles. The molecule has 0 spiro atoms. The third-order valence-electron chi connectivity index (χ3n) is 3.74. The Balaban J connectivity index is 1.65. The van der Waals surface area contributed by atoms with Crippen molar-refractivity contribution in [3.8, 4) is 0 Å². The lowest BCUT2D eigenvalue weighted by molar-refractivity contribution is -0.116. The van der Waals surface area contributed by atoms with Crippen LogP contribution < -0.4 is 16.0 Å². The van der Waals surface area contributed by atoms with Crippen molar-refractivity contribution in [3.63, 3.8) is 0 Å². The number of benzene rings is 1. The van der Waals surface area contributed by atoms with E-state index >= 15 is 0 Å². The topological polar surface area (TPSA) is 96.3 Å². The second kappa shape index (κ2) is 6.12. The SMILES string of the molecule is Cc1cc(NC(=O)NC(C)c2ccc3c(c2)CCC(=O)N3)no1. The number of amides is 3. The molecule has 7 heteroatoms. The monoisotopic (exact) mass is 314 g/mol. The molecule has 0 fully saturated rings. The van der Waals surface area contributed by atoms with E-state index in [1.165, 1.54) is 0 Å². The van der Waals surface area contributed by atoms with Gasteiger partial charge in [-0.2, -0.15) is 0 Å². The first-order valence-electron chi connectivity index (χ1n) is 7.45. The number of carbonyl (C=O) groups excluding carboxylic acids is 2. The average Bonchev–Trinajstić information content (AvgIpc) is 2.91. The molecule has 1 aromatic carbocycles. The van der Waals surface area contributed by atoms with Crippen molar-refractivity contribution in [1.29, 1.82) is 0 Å². The summed E-state index contributed by atoms with van der Waals surface area (Å²) in [5.74, 6) is 1.05. The van der Waals surface area contributed by atoms with Crippen LogP contribution in [-0.2, 0) is 11.2 Å². The van der Waals surface area contributed by atoms with Crippen LogP contribution in [0, 0.1) is 6.92 Å². The van der Waals surface area contributed by atoms with Gasteiger partial charge in [-0.1, -0.05) is 17.3 Å². The van der Waals surface area contributed by atoms with Gasteiger partial charge in [0.1, 0.15) is 5.76 Å². The first-order valence-corrected chi connectivity index (χ1v) is 7.45. The van der Waals surface area contributed by atoms with Crippen LogP contribution in [0.5, 0.6) is 0 Å². The van der Waals surface area contributed by atoms with Crippen molar-refractivity contribution in [3.05, 3.63) is 41.2 Å². The summed E-state index contributed by atoms with van der Waals surface area (Å²) in [6.45, 7) is 3.65. The molecule has 7 nitrogen and oxygen atoms in total. The number of carbonyl (C=O) groups is 2. The molecule has 23 heavy (non-hydrogen) atoms. The van der Waals surface area contributed by atoms with Crippen LogP contribution in [0.1, 0.15) is 36.3 Å². The molecule has 1 aromatic heterocycles. The molecule has 0 bridgehead atoms. The Morgan fingerprint density at radius 3 is 2.91 bits per heavy atom. The van der Waals surface area contributed by atoms with Crippen LogP contribution in [0.4, 0.5) is 16.3 Å². The van der Waals surface area contributed by atoms with Gasteiger partial charge in [-0.3, -0.25) is 10.1 Å². The van der Waals surface area contributed by atoms with Gasteiger partial charge in [0, 0.05) is 18.2 Å². The number of anilines is 2. The molecule has 3 amide bonds. The van der Waals surface area contributed by atoms with E-state index in [0.29, 0.717) is 24.4 Å². The molecular weight excluding hydrogens is 296 g/mol. The number of nitrogens with zero attached hydrogens (tertiary/aromatic N) is 1. The van der Waals surface area contributed by atoms with Crippen molar-refractivity contribution in [2.75, 3.05) is 10.6 Å². The van der Waals surface area contributed by atoms with Gasteiger partial charge < -0.3 is 15.2 Å². The Kier molecular flexibility index (Phi) is 4.01. The van der Waals surface area contributed by atoms with Gasteiger partial charge in [0.05, 0.1) is 6.04 Å². The van der Waals surface area contributed by atoms with Crippen LogP contribution in [0.15, 0.2) is 28.8 Å². The fourth-order valence-corrected chi connectivity index (χ4v) is 2.53. The summed E-state index contributed by atoms with van der Waals surface area (Å²) in [5, 5.41) is 12.0. The first-order chi connectivity index (χ1) is 11.0. The summed E-state index contributed by atoms with van der Waals surface area (Å²) in [6.07, 6.45) is 1.20. The van der Waals surface area contributed by atoms with E-state index in [-0.39, 0.29) is 18.0 Å². The van der Waals surface area contributed by atoms with E-state index < -0.39 is 0 Å². The number of aromatic nitrogens is 1. The molecular formula is C16H18N4O3. The fourth-order valence-electron chi connectivity index (χ4n) is 2.53. The Hall–Kier alpha value is -2.83. The normalized spacial score (nSPS) is 14.6. The maximum absolute atomic E-state index is 12.0. The molecule has 1 atom stereocenters. The second-order valence-corrected chi connectivity index (χ2v) is 5.61. The maximum Gasteiger partial charge on any atom is 0.320 e. The van der Waals surface area contributed by atoms with E-state index in [2.05, 4.69) is 21.1 Å². The third-order valence-corrected chi connectivity index (χ3v) is 3.74. The number of hydrogen-bond acceptors (Lipinski definition) is 4. The van der Waals surface area contributed by atoms with Crippen LogP contribution in [0.3, 0.4) is 0 Å². The van der Waals surface area contributed by atoms with Crippen molar-refractivity contribution in [1.82, 2.24) is 10.5 Å². The number of aryl methyl sites for hydroxylation is 2. The highest BCUT2D eigenvalue weighted by Crippen LogP contribution is 2.26. The van der Waals surface area contributed by atoms with Gasteiger partial charge >= 0.3 is 6.03 Å². The van der Waals surface area contributed by atoms with Gasteiger partial charge in [-0.15, -0.1) is 0 Å². The maximum atomic E-state index is 12.0. The molecule has 2 aromatic rings. The highest BCUT2D eigenvalue weighted by Gasteiger charge is 2.17. The predicted molar refractivity (Wildman–Crippen MR) is 85.2 cm³/mol. The second-order valence-electron chi connectivity index (χ2n) is 5.61. The summed E-state index contributed by atoms with van der Waals surface area (Å²) in [5.41, 5.74) is 2.91. The minimum absolute atomic E-state index is 0.0405. The molecule has 3 N–H and O–H groups in total. The van der Waals surface area contributed by atoms with Crippen molar-refractivity contribution >= 4 is 23.4 Å². The lowest BCUT2D eigenvalue weighted by atomic mass is 9.98. The van der Waals surface area contributed by atoms with Crippen LogP contribution >= 0.6 is 0 Å². The highest BCUT2D eigenvalue weighted by molar-refractivity contribution is 5.94. The van der Waals surface area contributed by atoms with Gasteiger partial charge in [-0.05, 0) is 37.5 Å². The smallest absolute Gasteiger partial charge is 0.320 e. The van der Waals surface area contributed by atoms with Crippen molar-refractivity contribution in [2.24, 2.45) is 0 Å². The number of fused-ring (bicyclic) bond motifs is 1. The summed E-state index contributed by atoms with van der Waals surface area (Å²) in [6, 6.07) is 6.91. The predicted octanol–water partition coefficient (Wildman–Crippen LogP) is 2.75. The Labute approximate surface area is 133 Å². The van der Waals surface area contributed by atoms with E-state index in [1.807, 2.05) is 25.1 Å². The van der Waals surface area contributed by atoms with E-state index in [4.69, 9.17) is 4.52 Å². The number of rotatable bonds is 3. The summed E-state index contributed by atoms with van der Waals surface area (Å²) in [4.78, 5) is 23.4. The molecule has 1 aliphatic heterocycles. The van der Waals surface area contributed by atoms with Crippen LogP contribution in [0.2, 0.25) is 0 Å².